The summed E-state index contributed by atoms with van der Waals surface area (Å²) < 4.78 is 42.3. The van der Waals surface area contributed by atoms with Gasteiger partial charge in [0.1, 0.15) is 5.82 Å². The number of nitrogens with zero attached hydrogens (tertiary/aromatic N) is 4. The second-order valence-electron chi connectivity index (χ2n) is 11.1. The van der Waals surface area contributed by atoms with Crippen molar-refractivity contribution in [1.82, 2.24) is 19.5 Å². The first-order valence-electron chi connectivity index (χ1n) is 13.1. The van der Waals surface area contributed by atoms with Gasteiger partial charge in [-0.3, -0.25) is 4.72 Å². The molecule has 0 bridgehead atoms. The summed E-state index contributed by atoms with van der Waals surface area (Å²) in [7, 11) is -1.19. The molecule has 0 saturated heterocycles. The van der Waals surface area contributed by atoms with Crippen molar-refractivity contribution in [3.63, 3.8) is 0 Å². The van der Waals surface area contributed by atoms with Gasteiger partial charge in [0.2, 0.25) is 5.88 Å². The van der Waals surface area contributed by atoms with Crippen molar-refractivity contribution in [2.45, 2.75) is 57.9 Å². The van der Waals surface area contributed by atoms with E-state index in [2.05, 4.69) is 58.9 Å². The van der Waals surface area contributed by atoms with Gasteiger partial charge < -0.3 is 14.0 Å². The second kappa shape index (κ2) is 11.7. The number of methoxy groups -OCH3 is 2. The summed E-state index contributed by atoms with van der Waals surface area (Å²) >= 11 is 0. The van der Waals surface area contributed by atoms with Crippen molar-refractivity contribution in [3.05, 3.63) is 77.9 Å². The first kappa shape index (κ1) is 29.1. The highest BCUT2D eigenvalue weighted by molar-refractivity contribution is 7.92. The Morgan fingerprint density at radius 2 is 1.65 bits per heavy atom. The Hall–Kier alpha value is -3.92. The van der Waals surface area contributed by atoms with E-state index >= 15 is 0 Å². The van der Waals surface area contributed by atoms with Gasteiger partial charge in [0.15, 0.2) is 5.82 Å². The zero-order chi connectivity index (χ0) is 29.1. The van der Waals surface area contributed by atoms with Crippen LogP contribution in [0.15, 0.2) is 65.8 Å². The first-order valence-corrected chi connectivity index (χ1v) is 14.6. The molecule has 212 valence electrons. The highest BCUT2D eigenvalue weighted by atomic mass is 32.2. The molecular formula is C30H37N5O4S. The van der Waals surface area contributed by atoms with Crippen LogP contribution in [0.25, 0.3) is 11.1 Å². The summed E-state index contributed by atoms with van der Waals surface area (Å²) in [5.74, 6) is 1.66. The van der Waals surface area contributed by atoms with Crippen molar-refractivity contribution >= 4 is 15.8 Å². The lowest BCUT2D eigenvalue weighted by Gasteiger charge is -2.20. The van der Waals surface area contributed by atoms with E-state index in [-0.39, 0.29) is 28.0 Å². The molecule has 9 nitrogen and oxygen atoms in total. The van der Waals surface area contributed by atoms with Crippen LogP contribution in [-0.2, 0) is 28.4 Å². The minimum atomic E-state index is -4.02. The van der Waals surface area contributed by atoms with Crippen LogP contribution in [-0.4, -0.2) is 42.2 Å². The maximum Gasteiger partial charge on any atom is 0.321 e. The Morgan fingerprint density at radius 3 is 2.27 bits per heavy atom. The van der Waals surface area contributed by atoms with E-state index in [1.54, 1.807) is 6.07 Å². The van der Waals surface area contributed by atoms with Crippen molar-refractivity contribution < 1.29 is 17.9 Å². The summed E-state index contributed by atoms with van der Waals surface area (Å²) in [5.41, 5.74) is 3.49. The van der Waals surface area contributed by atoms with Crippen LogP contribution in [0.1, 0.15) is 51.6 Å². The number of sulfonamides is 1. The molecule has 0 unspecified atom stereocenters. The Bertz CT molecular complexity index is 1550. The van der Waals surface area contributed by atoms with Crippen LogP contribution < -0.4 is 14.2 Å². The van der Waals surface area contributed by atoms with Crippen molar-refractivity contribution in [2.75, 3.05) is 18.9 Å². The highest BCUT2D eigenvalue weighted by Crippen LogP contribution is 2.32. The van der Waals surface area contributed by atoms with Crippen LogP contribution in [0.4, 0.5) is 5.82 Å². The van der Waals surface area contributed by atoms with Crippen molar-refractivity contribution in [2.24, 2.45) is 5.92 Å². The van der Waals surface area contributed by atoms with E-state index in [4.69, 9.17) is 9.47 Å². The van der Waals surface area contributed by atoms with Gasteiger partial charge in [0.05, 0.1) is 19.1 Å². The SMILES string of the molecule is COc1cc(NS(=O)(=O)c2ccc(CC(C)C)cc2-c2ccc(Cn3ccnc3C(C)(C)C)cc2)nc(OC)n1. The number of hydrogen-bond donors (Lipinski definition) is 1. The molecule has 0 aliphatic heterocycles. The van der Waals surface area contributed by atoms with Gasteiger partial charge in [-0.2, -0.15) is 9.97 Å². The number of aromatic nitrogens is 4. The van der Waals surface area contributed by atoms with E-state index < -0.39 is 10.0 Å². The summed E-state index contributed by atoms with van der Waals surface area (Å²) in [4.78, 5) is 12.9. The average molecular weight is 564 g/mol. The number of benzene rings is 2. The molecule has 0 saturated carbocycles. The highest BCUT2D eigenvalue weighted by Gasteiger charge is 2.23. The van der Waals surface area contributed by atoms with E-state index in [9.17, 15) is 8.42 Å². The predicted octanol–water partition coefficient (Wildman–Crippen LogP) is 5.70. The van der Waals surface area contributed by atoms with Gasteiger partial charge in [-0.1, -0.05) is 65.0 Å². The average Bonchev–Trinajstić information content (AvgIpc) is 3.37. The van der Waals surface area contributed by atoms with Gasteiger partial charge in [-0.25, -0.2) is 13.4 Å². The zero-order valence-electron chi connectivity index (χ0n) is 24.1. The summed E-state index contributed by atoms with van der Waals surface area (Å²) in [6, 6.07) is 14.9. The quantitative estimate of drug-likeness (QED) is 0.264. The minimum absolute atomic E-state index is 0.00680. The Balaban J connectivity index is 1.71. The Morgan fingerprint density at radius 1 is 0.950 bits per heavy atom. The molecule has 2 aromatic carbocycles. The fourth-order valence-electron chi connectivity index (χ4n) is 4.55. The lowest BCUT2D eigenvalue weighted by molar-refractivity contribution is 0.353. The largest absolute Gasteiger partial charge is 0.481 e. The number of hydrogen-bond acceptors (Lipinski definition) is 7. The Labute approximate surface area is 236 Å². The molecule has 0 spiro atoms. The molecule has 0 atom stereocenters. The molecule has 0 radical (unpaired) electrons. The molecular weight excluding hydrogens is 526 g/mol. The predicted molar refractivity (Wildman–Crippen MR) is 156 cm³/mol. The number of ether oxygens (including phenoxy) is 2. The van der Waals surface area contributed by atoms with Gasteiger partial charge in [-0.05, 0) is 41.2 Å². The molecule has 4 aromatic rings. The second-order valence-corrected chi connectivity index (χ2v) is 12.8. The molecule has 0 fully saturated rings. The third-order valence-electron chi connectivity index (χ3n) is 6.29. The smallest absolute Gasteiger partial charge is 0.321 e. The first-order chi connectivity index (χ1) is 18.9. The third kappa shape index (κ3) is 6.80. The molecule has 0 aliphatic rings. The molecule has 10 heteroatoms. The maximum absolute atomic E-state index is 13.7. The van der Waals surface area contributed by atoms with Crippen molar-refractivity contribution in [3.8, 4) is 23.0 Å². The van der Waals surface area contributed by atoms with Gasteiger partial charge in [0.25, 0.3) is 10.0 Å². The molecule has 40 heavy (non-hydrogen) atoms. The van der Waals surface area contributed by atoms with Crippen LogP contribution in [0, 0.1) is 5.92 Å². The van der Waals surface area contributed by atoms with Crippen LogP contribution in [0.2, 0.25) is 0 Å². The number of imidazole rings is 1. The summed E-state index contributed by atoms with van der Waals surface area (Å²) in [6.45, 7) is 11.4. The maximum atomic E-state index is 13.7. The van der Waals surface area contributed by atoms with E-state index in [0.717, 1.165) is 28.9 Å². The molecule has 0 amide bonds. The molecule has 1 N–H and O–H groups in total. The van der Waals surface area contributed by atoms with Crippen LogP contribution in [0.5, 0.6) is 11.9 Å². The molecule has 2 heterocycles. The van der Waals surface area contributed by atoms with E-state index in [0.29, 0.717) is 18.0 Å². The third-order valence-corrected chi connectivity index (χ3v) is 7.71. The standard InChI is InChI=1S/C30H37N5O4S/c1-20(2)16-22-10-13-25(40(36,37)34-26-18-27(38-6)33-29(32-26)39-7)24(17-22)23-11-8-21(9-12-23)19-35-15-14-31-28(35)30(3,4)5/h8-15,17-18,20H,16,19H2,1-7H3,(H,32,33,34). The molecule has 0 aliphatic carbocycles. The lowest BCUT2D eigenvalue weighted by atomic mass is 9.95. The normalized spacial score (nSPS) is 12.0. The summed E-state index contributed by atoms with van der Waals surface area (Å²) in [6.07, 6.45) is 4.63. The number of anilines is 1. The topological polar surface area (TPSA) is 108 Å². The number of nitrogens with one attached hydrogen (secondary N) is 1. The van der Waals surface area contributed by atoms with Crippen molar-refractivity contribution in [1.29, 1.82) is 0 Å². The fraction of sp³-hybridized carbons (Fsp3) is 0.367. The van der Waals surface area contributed by atoms with Gasteiger partial charge >= 0.3 is 6.01 Å². The van der Waals surface area contributed by atoms with Gasteiger partial charge in [0, 0.05) is 36.0 Å². The summed E-state index contributed by atoms with van der Waals surface area (Å²) in [5, 5.41) is 0. The lowest BCUT2D eigenvalue weighted by Crippen LogP contribution is -2.19. The van der Waals surface area contributed by atoms with Crippen LogP contribution >= 0.6 is 0 Å². The van der Waals surface area contributed by atoms with E-state index in [1.165, 1.54) is 20.3 Å². The molecule has 4 rings (SSSR count). The molecule has 2 aromatic heterocycles. The van der Waals surface area contributed by atoms with E-state index in [1.807, 2.05) is 48.8 Å². The van der Waals surface area contributed by atoms with Gasteiger partial charge in [-0.15, -0.1) is 0 Å². The zero-order valence-corrected chi connectivity index (χ0v) is 24.9. The Kier molecular flexibility index (Phi) is 8.48. The minimum Gasteiger partial charge on any atom is -0.481 e. The fourth-order valence-corrected chi connectivity index (χ4v) is 5.75. The monoisotopic (exact) mass is 563 g/mol. The number of rotatable bonds is 10. The van der Waals surface area contributed by atoms with Crippen LogP contribution in [0.3, 0.4) is 0 Å².